The van der Waals surface area contributed by atoms with Crippen molar-refractivity contribution in [3.8, 4) is 11.8 Å². The monoisotopic (exact) mass is 248 g/mol. The summed E-state index contributed by atoms with van der Waals surface area (Å²) in [6.45, 7) is 4.00. The van der Waals surface area contributed by atoms with Crippen LogP contribution in [0.4, 0.5) is 0 Å². The molecule has 74 valence electrons. The lowest BCUT2D eigenvalue weighted by molar-refractivity contribution is 0.366. The lowest BCUT2D eigenvalue weighted by atomic mass is 10.6. The zero-order valence-corrected chi connectivity index (χ0v) is 9.75. The molecule has 0 amide bonds. The summed E-state index contributed by atoms with van der Waals surface area (Å²) >= 11 is 3.23. The van der Waals surface area contributed by atoms with Gasteiger partial charge < -0.3 is 9.47 Å². The number of methoxy groups -OCH3 is 2. The van der Waals surface area contributed by atoms with E-state index in [2.05, 4.69) is 25.9 Å². The fourth-order valence-corrected chi connectivity index (χ4v) is 1.15. The Kier molecular flexibility index (Phi) is 6.22. The van der Waals surface area contributed by atoms with Gasteiger partial charge in [0.05, 0.1) is 14.2 Å². The summed E-state index contributed by atoms with van der Waals surface area (Å²) in [6.07, 6.45) is 1.38. The van der Waals surface area contributed by atoms with Crippen LogP contribution in [0.25, 0.3) is 0 Å². The zero-order chi connectivity index (χ0) is 10.3. The van der Waals surface area contributed by atoms with Crippen LogP contribution >= 0.6 is 15.9 Å². The van der Waals surface area contributed by atoms with Crippen LogP contribution in [0, 0.1) is 0 Å². The van der Waals surface area contributed by atoms with Crippen LogP contribution < -0.4 is 9.47 Å². The molecule has 0 aliphatic rings. The van der Waals surface area contributed by atoms with E-state index >= 15 is 0 Å². The SMILES string of the molecule is CC.COc1ncnc(OC)c1Br. The summed E-state index contributed by atoms with van der Waals surface area (Å²) in [4.78, 5) is 7.69. The van der Waals surface area contributed by atoms with Crippen LogP contribution in [0.5, 0.6) is 11.8 Å². The molecule has 0 aliphatic heterocycles. The summed E-state index contributed by atoms with van der Waals surface area (Å²) in [5.41, 5.74) is 0. The first-order valence-electron chi connectivity index (χ1n) is 3.88. The number of halogens is 1. The fourth-order valence-electron chi connectivity index (χ4n) is 0.623. The average Bonchev–Trinajstić information content (AvgIpc) is 2.21. The predicted octanol–water partition coefficient (Wildman–Crippen LogP) is 2.28. The third-order valence-corrected chi connectivity index (χ3v) is 1.79. The van der Waals surface area contributed by atoms with Crippen molar-refractivity contribution in [1.82, 2.24) is 9.97 Å². The summed E-state index contributed by atoms with van der Waals surface area (Å²) in [5.74, 6) is 0.939. The Hall–Kier alpha value is -0.840. The highest BCUT2D eigenvalue weighted by Gasteiger charge is 2.07. The van der Waals surface area contributed by atoms with Crippen LogP contribution in [-0.2, 0) is 0 Å². The van der Waals surface area contributed by atoms with E-state index in [-0.39, 0.29) is 0 Å². The van der Waals surface area contributed by atoms with Crippen LogP contribution in [-0.4, -0.2) is 24.2 Å². The molecule has 0 bridgehead atoms. The average molecular weight is 249 g/mol. The molecule has 1 rings (SSSR count). The summed E-state index contributed by atoms with van der Waals surface area (Å²) < 4.78 is 10.4. The van der Waals surface area contributed by atoms with Crippen molar-refractivity contribution in [2.75, 3.05) is 14.2 Å². The van der Waals surface area contributed by atoms with E-state index in [1.165, 1.54) is 20.5 Å². The smallest absolute Gasteiger partial charge is 0.234 e. The van der Waals surface area contributed by atoms with Gasteiger partial charge in [-0.05, 0) is 15.9 Å². The molecule has 0 spiro atoms. The van der Waals surface area contributed by atoms with E-state index in [4.69, 9.17) is 9.47 Å². The van der Waals surface area contributed by atoms with Gasteiger partial charge in [0, 0.05) is 0 Å². The molecule has 0 aliphatic carbocycles. The minimum absolute atomic E-state index is 0.469. The van der Waals surface area contributed by atoms with E-state index < -0.39 is 0 Å². The number of hydrogen-bond donors (Lipinski definition) is 0. The van der Waals surface area contributed by atoms with Gasteiger partial charge in [0.15, 0.2) is 0 Å². The molecule has 1 heterocycles. The Morgan fingerprint density at radius 3 is 1.77 bits per heavy atom. The van der Waals surface area contributed by atoms with Gasteiger partial charge in [0.25, 0.3) is 0 Å². The molecular formula is C8H13BrN2O2. The topological polar surface area (TPSA) is 44.2 Å². The Balaban J connectivity index is 0.000000671. The lowest BCUT2D eigenvalue weighted by Crippen LogP contribution is -1.94. The zero-order valence-electron chi connectivity index (χ0n) is 8.17. The molecule has 0 saturated heterocycles. The van der Waals surface area contributed by atoms with Crippen LogP contribution in [0.2, 0.25) is 0 Å². The molecule has 4 nitrogen and oxygen atoms in total. The maximum atomic E-state index is 4.91. The van der Waals surface area contributed by atoms with Crippen LogP contribution in [0.3, 0.4) is 0 Å². The first-order chi connectivity index (χ1) is 6.29. The Morgan fingerprint density at radius 2 is 1.46 bits per heavy atom. The molecule has 0 unspecified atom stereocenters. The molecular weight excluding hydrogens is 236 g/mol. The molecule has 0 saturated carbocycles. The first-order valence-corrected chi connectivity index (χ1v) is 4.67. The lowest BCUT2D eigenvalue weighted by Gasteiger charge is -2.03. The van der Waals surface area contributed by atoms with E-state index in [1.807, 2.05) is 13.8 Å². The first kappa shape index (κ1) is 12.2. The highest BCUT2D eigenvalue weighted by molar-refractivity contribution is 9.10. The molecule has 1 aromatic heterocycles. The second kappa shape index (κ2) is 6.65. The number of ether oxygens (including phenoxy) is 2. The number of nitrogens with zero attached hydrogens (tertiary/aromatic N) is 2. The molecule has 0 aromatic carbocycles. The van der Waals surface area contributed by atoms with Gasteiger partial charge in [0.2, 0.25) is 11.8 Å². The summed E-state index contributed by atoms with van der Waals surface area (Å²) in [6, 6.07) is 0. The number of rotatable bonds is 2. The van der Waals surface area contributed by atoms with Crippen molar-refractivity contribution in [2.24, 2.45) is 0 Å². The van der Waals surface area contributed by atoms with Crippen molar-refractivity contribution in [1.29, 1.82) is 0 Å². The van der Waals surface area contributed by atoms with Gasteiger partial charge in [-0.25, -0.2) is 9.97 Å². The van der Waals surface area contributed by atoms with Crippen molar-refractivity contribution in [3.63, 3.8) is 0 Å². The second-order valence-electron chi connectivity index (χ2n) is 1.71. The van der Waals surface area contributed by atoms with Crippen LogP contribution in [0.1, 0.15) is 13.8 Å². The largest absolute Gasteiger partial charge is 0.480 e. The summed E-state index contributed by atoms with van der Waals surface area (Å²) in [5, 5.41) is 0. The van der Waals surface area contributed by atoms with Crippen molar-refractivity contribution in [2.45, 2.75) is 13.8 Å². The molecule has 13 heavy (non-hydrogen) atoms. The Bertz CT molecular complexity index is 234. The summed E-state index contributed by atoms with van der Waals surface area (Å²) in [7, 11) is 3.07. The van der Waals surface area contributed by atoms with E-state index in [0.717, 1.165) is 0 Å². The molecule has 1 aromatic rings. The molecule has 0 radical (unpaired) electrons. The number of hydrogen-bond acceptors (Lipinski definition) is 4. The quantitative estimate of drug-likeness (QED) is 0.806. The molecule has 0 fully saturated rings. The third kappa shape index (κ3) is 3.18. The maximum Gasteiger partial charge on any atom is 0.234 e. The third-order valence-electron chi connectivity index (χ3n) is 1.11. The molecule has 5 heteroatoms. The minimum atomic E-state index is 0.469. The van der Waals surface area contributed by atoms with Gasteiger partial charge in [-0.3, -0.25) is 0 Å². The normalized spacial score (nSPS) is 8.38. The van der Waals surface area contributed by atoms with Gasteiger partial charge in [-0.15, -0.1) is 0 Å². The van der Waals surface area contributed by atoms with E-state index in [9.17, 15) is 0 Å². The highest BCUT2D eigenvalue weighted by atomic mass is 79.9. The van der Waals surface area contributed by atoms with Crippen molar-refractivity contribution < 1.29 is 9.47 Å². The van der Waals surface area contributed by atoms with E-state index in [1.54, 1.807) is 0 Å². The Labute approximate surface area is 86.4 Å². The van der Waals surface area contributed by atoms with Gasteiger partial charge in [-0.1, -0.05) is 13.8 Å². The van der Waals surface area contributed by atoms with E-state index in [0.29, 0.717) is 16.2 Å². The van der Waals surface area contributed by atoms with Crippen LogP contribution in [0.15, 0.2) is 10.8 Å². The second-order valence-corrected chi connectivity index (χ2v) is 2.50. The standard InChI is InChI=1S/C6H7BrN2O2.C2H6/c1-10-5-4(7)6(11-2)9-3-8-5;1-2/h3H,1-2H3;1-2H3. The van der Waals surface area contributed by atoms with Gasteiger partial charge in [0.1, 0.15) is 10.8 Å². The van der Waals surface area contributed by atoms with Gasteiger partial charge >= 0.3 is 0 Å². The number of aromatic nitrogens is 2. The van der Waals surface area contributed by atoms with Gasteiger partial charge in [-0.2, -0.15) is 0 Å². The minimum Gasteiger partial charge on any atom is -0.480 e. The van der Waals surface area contributed by atoms with Crippen molar-refractivity contribution >= 4 is 15.9 Å². The molecule has 0 atom stereocenters. The highest BCUT2D eigenvalue weighted by Crippen LogP contribution is 2.28. The fraction of sp³-hybridized carbons (Fsp3) is 0.500. The Morgan fingerprint density at radius 1 is 1.08 bits per heavy atom. The maximum absolute atomic E-state index is 4.91. The van der Waals surface area contributed by atoms with Crippen molar-refractivity contribution in [3.05, 3.63) is 10.8 Å². The predicted molar refractivity (Wildman–Crippen MR) is 54.2 cm³/mol. The molecule has 0 N–H and O–H groups in total.